The molecule has 0 fully saturated rings. The number of carbonyl (C=O) groups excluding carboxylic acids is 2. The van der Waals surface area contributed by atoms with E-state index >= 15 is 0 Å². The fourth-order valence-electron chi connectivity index (χ4n) is 3.29. The average Bonchev–Trinajstić information content (AvgIpc) is 2.69. The van der Waals surface area contributed by atoms with Crippen molar-refractivity contribution in [2.75, 3.05) is 13.2 Å². The molecule has 1 heterocycles. The van der Waals surface area contributed by atoms with Crippen LogP contribution in [0.5, 0.6) is 0 Å². The Morgan fingerprint density at radius 3 is 2.58 bits per heavy atom. The van der Waals surface area contributed by atoms with Crippen molar-refractivity contribution in [2.24, 2.45) is 0 Å². The van der Waals surface area contributed by atoms with Crippen LogP contribution in [0.25, 0.3) is 21.9 Å². The van der Waals surface area contributed by atoms with Gasteiger partial charge >= 0.3 is 0 Å². The fraction of sp³-hybridized carbons (Fsp3) is 0.150. The van der Waals surface area contributed by atoms with Crippen LogP contribution in [0.4, 0.5) is 0 Å². The van der Waals surface area contributed by atoms with E-state index in [0.717, 1.165) is 11.1 Å². The lowest BCUT2D eigenvalue weighted by Gasteiger charge is -2.20. The molecule has 6 heteroatoms. The summed E-state index contributed by atoms with van der Waals surface area (Å²) in [7, 11) is 0. The zero-order valence-corrected chi connectivity index (χ0v) is 13.8. The van der Waals surface area contributed by atoms with Crippen LogP contribution < -0.4 is 5.32 Å². The van der Waals surface area contributed by atoms with Gasteiger partial charge in [0.05, 0.1) is 18.3 Å². The monoisotopic (exact) mass is 348 g/mol. The van der Waals surface area contributed by atoms with Gasteiger partial charge < -0.3 is 15.5 Å². The second-order valence-electron chi connectivity index (χ2n) is 6.17. The van der Waals surface area contributed by atoms with Crippen LogP contribution in [0.2, 0.25) is 0 Å². The third-order valence-corrected chi connectivity index (χ3v) is 4.54. The van der Waals surface area contributed by atoms with Crippen LogP contribution in [0.3, 0.4) is 0 Å². The van der Waals surface area contributed by atoms with Crippen molar-refractivity contribution in [1.82, 2.24) is 10.3 Å². The molecule has 1 atom stereocenters. The second kappa shape index (κ2) is 6.33. The van der Waals surface area contributed by atoms with Gasteiger partial charge in [0, 0.05) is 23.7 Å². The highest BCUT2D eigenvalue weighted by Crippen LogP contribution is 2.39. The smallest absolute Gasteiger partial charge is 0.253 e. The predicted molar refractivity (Wildman–Crippen MR) is 96.0 cm³/mol. The Hall–Kier alpha value is -3.09. The highest BCUT2D eigenvalue weighted by Gasteiger charge is 2.27. The standard InChI is InChI=1S/C20H16N2O4/c23-10-11(24)8-22-20(26)16-9-21-18-17-13(6-3-7-14(16)17)12-4-1-2-5-15(12)19(18)25/h1-7,9,11,23-24H,8,10H2,(H,22,26)/t11-/m1/s1. The van der Waals surface area contributed by atoms with E-state index in [1.54, 1.807) is 12.1 Å². The molecule has 1 amide bonds. The molecule has 0 radical (unpaired) electrons. The number of amides is 1. The van der Waals surface area contributed by atoms with Crippen LogP contribution in [-0.4, -0.2) is 46.1 Å². The molecule has 0 unspecified atom stereocenters. The minimum absolute atomic E-state index is 0.0694. The van der Waals surface area contributed by atoms with Gasteiger partial charge in [-0.15, -0.1) is 0 Å². The maximum absolute atomic E-state index is 12.8. The minimum Gasteiger partial charge on any atom is -0.394 e. The van der Waals surface area contributed by atoms with Crippen molar-refractivity contribution in [3.8, 4) is 11.1 Å². The zero-order valence-electron chi connectivity index (χ0n) is 13.8. The molecule has 1 aliphatic carbocycles. The van der Waals surface area contributed by atoms with Gasteiger partial charge in [-0.3, -0.25) is 14.6 Å². The van der Waals surface area contributed by atoms with Crippen molar-refractivity contribution in [1.29, 1.82) is 0 Å². The van der Waals surface area contributed by atoms with Crippen molar-refractivity contribution in [2.45, 2.75) is 6.10 Å². The largest absolute Gasteiger partial charge is 0.394 e. The number of aliphatic hydroxyl groups is 2. The number of fused-ring (bicyclic) bond motifs is 2. The van der Waals surface area contributed by atoms with Gasteiger partial charge in [0.2, 0.25) is 5.78 Å². The Bertz CT molecular complexity index is 1050. The Balaban J connectivity index is 1.87. The summed E-state index contributed by atoms with van der Waals surface area (Å²) in [4.78, 5) is 29.6. The first-order valence-electron chi connectivity index (χ1n) is 8.24. The van der Waals surface area contributed by atoms with Gasteiger partial charge in [-0.2, -0.15) is 0 Å². The molecule has 130 valence electrons. The van der Waals surface area contributed by atoms with Crippen molar-refractivity contribution in [3.05, 3.63) is 65.5 Å². The molecular formula is C20H16N2O4. The lowest BCUT2D eigenvalue weighted by molar-refractivity contribution is 0.0802. The van der Waals surface area contributed by atoms with E-state index in [9.17, 15) is 14.7 Å². The summed E-state index contributed by atoms with van der Waals surface area (Å²) in [6.07, 6.45) is 0.355. The van der Waals surface area contributed by atoms with E-state index in [-0.39, 0.29) is 12.3 Å². The minimum atomic E-state index is -1.03. The molecule has 3 aromatic rings. The molecule has 1 aliphatic rings. The van der Waals surface area contributed by atoms with Crippen LogP contribution in [0, 0.1) is 0 Å². The molecule has 3 N–H and O–H groups in total. The predicted octanol–water partition coefficient (Wildman–Crippen LogP) is 1.53. The van der Waals surface area contributed by atoms with Crippen LogP contribution in [0.1, 0.15) is 26.4 Å². The summed E-state index contributed by atoms with van der Waals surface area (Å²) in [5, 5.41) is 22.2. The zero-order chi connectivity index (χ0) is 18.3. The SMILES string of the molecule is O=C(NC[C@@H](O)CO)c1cnc2c3c(cccc13)-c1ccccc1C2=O. The topological polar surface area (TPSA) is 99.5 Å². The van der Waals surface area contributed by atoms with Gasteiger partial charge in [0.25, 0.3) is 5.91 Å². The molecule has 2 aromatic carbocycles. The van der Waals surface area contributed by atoms with Crippen LogP contribution in [-0.2, 0) is 0 Å². The molecule has 6 nitrogen and oxygen atoms in total. The summed E-state index contributed by atoms with van der Waals surface area (Å²) in [6, 6.07) is 12.9. The van der Waals surface area contributed by atoms with Gasteiger partial charge in [0.1, 0.15) is 5.69 Å². The molecular weight excluding hydrogens is 332 g/mol. The lowest BCUT2D eigenvalue weighted by atomic mass is 9.84. The summed E-state index contributed by atoms with van der Waals surface area (Å²) in [5.74, 6) is -0.577. The van der Waals surface area contributed by atoms with E-state index in [1.165, 1.54) is 6.20 Å². The van der Waals surface area contributed by atoms with E-state index in [4.69, 9.17) is 5.11 Å². The molecule has 0 saturated carbocycles. The Morgan fingerprint density at radius 1 is 1.08 bits per heavy atom. The Labute approximate surface area is 149 Å². The molecule has 0 saturated heterocycles. The number of aliphatic hydroxyl groups excluding tert-OH is 2. The quantitative estimate of drug-likeness (QED) is 0.519. The first kappa shape index (κ1) is 16.4. The third-order valence-electron chi connectivity index (χ3n) is 4.54. The number of benzene rings is 2. The number of nitrogens with one attached hydrogen (secondary N) is 1. The number of ketones is 1. The van der Waals surface area contributed by atoms with Crippen LogP contribution in [0.15, 0.2) is 48.7 Å². The maximum atomic E-state index is 12.8. The average molecular weight is 348 g/mol. The van der Waals surface area contributed by atoms with Crippen molar-refractivity contribution >= 4 is 22.5 Å². The number of carbonyl (C=O) groups is 2. The summed E-state index contributed by atoms with van der Waals surface area (Å²) < 4.78 is 0. The Kier molecular flexibility index (Phi) is 3.99. The lowest BCUT2D eigenvalue weighted by Crippen LogP contribution is -2.34. The van der Waals surface area contributed by atoms with E-state index in [1.807, 2.05) is 30.3 Å². The molecule has 4 rings (SSSR count). The first-order chi connectivity index (χ1) is 12.6. The van der Waals surface area contributed by atoms with Crippen molar-refractivity contribution in [3.63, 3.8) is 0 Å². The van der Waals surface area contributed by atoms with Crippen molar-refractivity contribution < 1.29 is 19.8 Å². The molecule has 0 spiro atoms. The number of rotatable bonds is 4. The summed E-state index contributed by atoms with van der Waals surface area (Å²) in [6.45, 7) is -0.506. The number of pyridine rings is 1. The van der Waals surface area contributed by atoms with Gasteiger partial charge in [0.15, 0.2) is 0 Å². The van der Waals surface area contributed by atoms with Gasteiger partial charge in [-0.05, 0) is 16.5 Å². The van der Waals surface area contributed by atoms with Crippen LogP contribution >= 0.6 is 0 Å². The number of hydrogen-bond donors (Lipinski definition) is 3. The highest BCUT2D eigenvalue weighted by molar-refractivity contribution is 6.26. The Morgan fingerprint density at radius 2 is 1.81 bits per heavy atom. The maximum Gasteiger partial charge on any atom is 0.253 e. The first-order valence-corrected chi connectivity index (χ1v) is 8.24. The molecule has 26 heavy (non-hydrogen) atoms. The molecule has 0 aliphatic heterocycles. The highest BCUT2D eigenvalue weighted by atomic mass is 16.3. The molecule has 1 aromatic heterocycles. The van der Waals surface area contributed by atoms with Gasteiger partial charge in [-0.25, -0.2) is 0 Å². The summed E-state index contributed by atoms with van der Waals surface area (Å²) >= 11 is 0. The van der Waals surface area contributed by atoms with E-state index < -0.39 is 18.6 Å². The molecule has 0 bridgehead atoms. The number of aromatic nitrogens is 1. The van der Waals surface area contributed by atoms with E-state index in [0.29, 0.717) is 27.6 Å². The summed E-state index contributed by atoms with van der Waals surface area (Å²) in [5.41, 5.74) is 2.95. The fourth-order valence-corrected chi connectivity index (χ4v) is 3.29. The second-order valence-corrected chi connectivity index (χ2v) is 6.17. The third kappa shape index (κ3) is 2.47. The number of hydrogen-bond acceptors (Lipinski definition) is 5. The normalized spacial score (nSPS) is 13.4. The number of nitrogens with zero attached hydrogens (tertiary/aromatic N) is 1. The van der Waals surface area contributed by atoms with Gasteiger partial charge in [-0.1, -0.05) is 42.5 Å². The van der Waals surface area contributed by atoms with E-state index in [2.05, 4.69) is 10.3 Å².